The molecule has 1 saturated heterocycles. The number of hydrogen-bond donors (Lipinski definition) is 0. The van der Waals surface area contributed by atoms with Gasteiger partial charge in [0.2, 0.25) is 0 Å². The molecular formula is C29H31NO4S. The fourth-order valence-corrected chi connectivity index (χ4v) is 4.94. The molecule has 0 bridgehead atoms. The maximum atomic E-state index is 13.1. The van der Waals surface area contributed by atoms with Crippen LogP contribution in [-0.4, -0.2) is 50.5 Å². The lowest BCUT2D eigenvalue weighted by Crippen LogP contribution is -2.39. The zero-order valence-electron chi connectivity index (χ0n) is 20.4. The Kier molecular flexibility index (Phi) is 8.50. The summed E-state index contributed by atoms with van der Waals surface area (Å²) in [5.41, 5.74) is 4.30. The molecule has 0 aliphatic carbocycles. The maximum Gasteiger partial charge on any atom is 0.260 e. The largest absolute Gasteiger partial charge is 0.497 e. The third-order valence-corrected chi connectivity index (χ3v) is 6.96. The molecule has 0 radical (unpaired) electrons. The highest BCUT2D eigenvalue weighted by Crippen LogP contribution is 2.30. The summed E-state index contributed by atoms with van der Waals surface area (Å²) in [5.74, 6) is 2.54. The van der Waals surface area contributed by atoms with Crippen LogP contribution in [0.3, 0.4) is 0 Å². The number of amides is 1. The zero-order valence-corrected chi connectivity index (χ0v) is 21.2. The normalized spacial score (nSPS) is 15.0. The van der Waals surface area contributed by atoms with E-state index >= 15 is 0 Å². The Morgan fingerprint density at radius 2 is 1.46 bits per heavy atom. The lowest BCUT2D eigenvalue weighted by Gasteiger charge is -2.29. The van der Waals surface area contributed by atoms with E-state index in [2.05, 4.69) is 19.1 Å². The van der Waals surface area contributed by atoms with Crippen LogP contribution < -0.4 is 9.47 Å². The van der Waals surface area contributed by atoms with Crippen molar-refractivity contribution in [2.75, 3.05) is 39.7 Å². The van der Waals surface area contributed by atoms with Crippen molar-refractivity contribution in [2.45, 2.75) is 13.0 Å². The van der Waals surface area contributed by atoms with Crippen LogP contribution in [0.5, 0.6) is 11.5 Å². The van der Waals surface area contributed by atoms with E-state index < -0.39 is 0 Å². The van der Waals surface area contributed by atoms with Gasteiger partial charge in [-0.3, -0.25) is 4.79 Å². The Labute approximate surface area is 211 Å². The fraction of sp³-hybridized carbons (Fsp3) is 0.276. The molecule has 1 fully saturated rings. The van der Waals surface area contributed by atoms with Crippen LogP contribution >= 0.6 is 11.8 Å². The van der Waals surface area contributed by atoms with E-state index in [1.54, 1.807) is 26.0 Å². The van der Waals surface area contributed by atoms with E-state index in [4.69, 9.17) is 14.2 Å². The Balaban J connectivity index is 1.45. The van der Waals surface area contributed by atoms with Gasteiger partial charge < -0.3 is 19.1 Å². The standard InChI is InChI=1S/C29H31NO4S/c1-21-4-6-22(7-5-21)20-27-29(31)30(17-19-35-27)16-18-34-28(23-8-12-25(32-2)13-9-23)24-10-14-26(33-3)15-11-24/h4-15,20,28H,16-19H2,1-3H3. The highest BCUT2D eigenvalue weighted by atomic mass is 32.2. The molecule has 35 heavy (non-hydrogen) atoms. The fourth-order valence-electron chi connectivity index (χ4n) is 3.94. The summed E-state index contributed by atoms with van der Waals surface area (Å²) in [6.07, 6.45) is 1.72. The number of hydrogen-bond acceptors (Lipinski definition) is 5. The SMILES string of the molecule is COc1ccc(C(OCCN2CCSC(=Cc3ccc(C)cc3)C2=O)c2ccc(OC)cc2)cc1. The molecule has 1 aliphatic heterocycles. The third kappa shape index (κ3) is 6.47. The number of thioether (sulfide) groups is 1. The van der Waals surface area contributed by atoms with Crippen molar-refractivity contribution in [3.05, 3.63) is 100.0 Å². The quantitative estimate of drug-likeness (QED) is 0.359. The molecule has 3 aromatic rings. The molecule has 0 N–H and O–H groups in total. The number of methoxy groups -OCH3 is 2. The Hall–Kier alpha value is -3.22. The Morgan fingerprint density at radius 1 is 0.886 bits per heavy atom. The van der Waals surface area contributed by atoms with Gasteiger partial charge in [-0.2, -0.15) is 0 Å². The molecule has 0 spiro atoms. The second-order valence-electron chi connectivity index (χ2n) is 8.36. The van der Waals surface area contributed by atoms with E-state index in [1.165, 1.54) is 5.56 Å². The number of rotatable bonds is 9. The van der Waals surface area contributed by atoms with Gasteiger partial charge in [0, 0.05) is 18.8 Å². The minimum absolute atomic E-state index is 0.0656. The number of carbonyl (C=O) groups is 1. The molecule has 4 rings (SSSR count). The molecule has 0 saturated carbocycles. The summed E-state index contributed by atoms with van der Waals surface area (Å²) in [4.78, 5) is 15.8. The van der Waals surface area contributed by atoms with E-state index in [1.807, 2.05) is 71.6 Å². The van der Waals surface area contributed by atoms with Crippen molar-refractivity contribution in [3.63, 3.8) is 0 Å². The monoisotopic (exact) mass is 489 g/mol. The Bertz CT molecular complexity index is 1090. The number of aryl methyl sites for hydroxylation is 1. The van der Waals surface area contributed by atoms with Gasteiger partial charge in [-0.1, -0.05) is 54.1 Å². The summed E-state index contributed by atoms with van der Waals surface area (Å²) in [6.45, 7) is 3.74. The van der Waals surface area contributed by atoms with Gasteiger partial charge in [0.25, 0.3) is 5.91 Å². The molecule has 6 heteroatoms. The van der Waals surface area contributed by atoms with E-state index in [9.17, 15) is 4.79 Å². The highest BCUT2D eigenvalue weighted by Gasteiger charge is 2.24. The van der Waals surface area contributed by atoms with Crippen LogP contribution in [0.1, 0.15) is 28.4 Å². The molecule has 0 unspecified atom stereocenters. The summed E-state index contributed by atoms with van der Waals surface area (Å²) in [5, 5.41) is 0. The zero-order chi connectivity index (χ0) is 24.6. The second-order valence-corrected chi connectivity index (χ2v) is 9.49. The highest BCUT2D eigenvalue weighted by molar-refractivity contribution is 8.04. The predicted molar refractivity (Wildman–Crippen MR) is 142 cm³/mol. The van der Waals surface area contributed by atoms with Crippen LogP contribution in [-0.2, 0) is 9.53 Å². The summed E-state index contributed by atoms with van der Waals surface area (Å²) >= 11 is 1.62. The van der Waals surface area contributed by atoms with Gasteiger partial charge in [-0.25, -0.2) is 0 Å². The number of ether oxygens (including phenoxy) is 3. The van der Waals surface area contributed by atoms with Crippen LogP contribution in [0.2, 0.25) is 0 Å². The van der Waals surface area contributed by atoms with Crippen molar-refractivity contribution in [3.8, 4) is 11.5 Å². The second kappa shape index (κ2) is 12.0. The molecule has 182 valence electrons. The lowest BCUT2D eigenvalue weighted by molar-refractivity contribution is -0.127. The molecule has 1 aliphatic rings. The molecule has 1 amide bonds. The van der Waals surface area contributed by atoms with E-state index in [0.717, 1.165) is 38.8 Å². The van der Waals surface area contributed by atoms with E-state index in [0.29, 0.717) is 19.7 Å². The predicted octanol–water partition coefficient (Wildman–Crippen LogP) is 5.73. The first kappa shape index (κ1) is 24.9. The van der Waals surface area contributed by atoms with Crippen LogP contribution in [0.4, 0.5) is 0 Å². The molecule has 3 aromatic carbocycles. The molecule has 0 aromatic heterocycles. The maximum absolute atomic E-state index is 13.1. The van der Waals surface area contributed by atoms with Crippen molar-refractivity contribution < 1.29 is 19.0 Å². The molecule has 0 atom stereocenters. The van der Waals surface area contributed by atoms with Crippen molar-refractivity contribution >= 4 is 23.7 Å². The number of nitrogens with zero attached hydrogens (tertiary/aromatic N) is 1. The number of benzene rings is 3. The average Bonchev–Trinajstić information content (AvgIpc) is 2.90. The van der Waals surface area contributed by atoms with Gasteiger partial charge >= 0.3 is 0 Å². The smallest absolute Gasteiger partial charge is 0.260 e. The van der Waals surface area contributed by atoms with Crippen LogP contribution in [0, 0.1) is 6.92 Å². The topological polar surface area (TPSA) is 48.0 Å². The van der Waals surface area contributed by atoms with Crippen molar-refractivity contribution in [1.82, 2.24) is 4.90 Å². The van der Waals surface area contributed by atoms with Gasteiger partial charge in [-0.15, -0.1) is 11.8 Å². The Morgan fingerprint density at radius 3 is 2.00 bits per heavy atom. The van der Waals surface area contributed by atoms with Crippen molar-refractivity contribution in [2.24, 2.45) is 0 Å². The molecule has 1 heterocycles. The summed E-state index contributed by atoms with van der Waals surface area (Å²) in [7, 11) is 3.31. The third-order valence-electron chi connectivity index (χ3n) is 5.97. The average molecular weight is 490 g/mol. The lowest BCUT2D eigenvalue weighted by atomic mass is 10.0. The van der Waals surface area contributed by atoms with Crippen LogP contribution in [0.25, 0.3) is 6.08 Å². The first-order chi connectivity index (χ1) is 17.1. The van der Waals surface area contributed by atoms with Crippen molar-refractivity contribution in [1.29, 1.82) is 0 Å². The van der Waals surface area contributed by atoms with Gasteiger partial charge in [0.15, 0.2) is 0 Å². The minimum Gasteiger partial charge on any atom is -0.497 e. The molecule has 5 nitrogen and oxygen atoms in total. The summed E-state index contributed by atoms with van der Waals surface area (Å²) in [6, 6.07) is 24.0. The minimum atomic E-state index is -0.261. The van der Waals surface area contributed by atoms with Crippen LogP contribution in [0.15, 0.2) is 77.7 Å². The first-order valence-electron chi connectivity index (χ1n) is 11.7. The summed E-state index contributed by atoms with van der Waals surface area (Å²) < 4.78 is 17.0. The number of carbonyl (C=O) groups excluding carboxylic acids is 1. The molecular weight excluding hydrogens is 458 g/mol. The van der Waals surface area contributed by atoms with E-state index in [-0.39, 0.29) is 12.0 Å². The van der Waals surface area contributed by atoms with Gasteiger partial charge in [0.05, 0.1) is 25.7 Å². The van der Waals surface area contributed by atoms with Gasteiger partial charge in [0.1, 0.15) is 17.6 Å². The van der Waals surface area contributed by atoms with Gasteiger partial charge in [-0.05, 0) is 54.0 Å². The first-order valence-corrected chi connectivity index (χ1v) is 12.7.